The van der Waals surface area contributed by atoms with E-state index < -0.39 is 0 Å². The van der Waals surface area contributed by atoms with Gasteiger partial charge in [0.05, 0.1) is 0 Å². The van der Waals surface area contributed by atoms with Crippen LogP contribution in [0.25, 0.3) is 11.1 Å². The molecule has 0 radical (unpaired) electrons. The molecule has 0 saturated heterocycles. The first-order chi connectivity index (χ1) is 6.45. The first-order valence-electron chi connectivity index (χ1n) is 4.61. The van der Waals surface area contributed by atoms with E-state index in [0.717, 1.165) is 6.42 Å². The molecule has 2 aromatic rings. The van der Waals surface area contributed by atoms with E-state index >= 15 is 0 Å². The van der Waals surface area contributed by atoms with Gasteiger partial charge in [0.15, 0.2) is 0 Å². The van der Waals surface area contributed by atoms with E-state index in [1.54, 1.807) is 0 Å². The topological polar surface area (TPSA) is 0 Å². The summed E-state index contributed by atoms with van der Waals surface area (Å²) in [6, 6.07) is 17.3. The Morgan fingerprint density at radius 1 is 0.643 bits per heavy atom. The zero-order chi connectivity index (χ0) is 8.67. The van der Waals surface area contributed by atoms with E-state index in [0.29, 0.717) is 0 Å². The zero-order valence-corrected chi connectivity index (χ0v) is 9.42. The molecule has 0 bridgehead atoms. The summed E-state index contributed by atoms with van der Waals surface area (Å²) in [5, 5.41) is 0. The van der Waals surface area contributed by atoms with Crippen LogP contribution in [0.1, 0.15) is 11.1 Å². The Morgan fingerprint density at radius 3 is 1.57 bits per heavy atom. The summed E-state index contributed by atoms with van der Waals surface area (Å²) in [5.74, 6) is 0. The van der Waals surface area contributed by atoms with Gasteiger partial charge in [-0.2, -0.15) is 0 Å². The summed E-state index contributed by atoms with van der Waals surface area (Å²) in [4.78, 5) is 0. The molecule has 0 heterocycles. The van der Waals surface area contributed by atoms with Gasteiger partial charge in [0, 0.05) is 19.5 Å². The Hall–Kier alpha value is -0.937. The third-order valence-corrected chi connectivity index (χ3v) is 2.71. The van der Waals surface area contributed by atoms with Gasteiger partial charge in [0.2, 0.25) is 0 Å². The molecule has 1 aliphatic rings. The minimum absolute atomic E-state index is 0. The van der Waals surface area contributed by atoms with Crippen LogP contribution in [0.3, 0.4) is 0 Å². The SMILES string of the molecule is [Ru].c1ccc2c(c1)Cc1ccccc1-2. The third-order valence-electron chi connectivity index (χ3n) is 2.71. The van der Waals surface area contributed by atoms with E-state index in [4.69, 9.17) is 0 Å². The van der Waals surface area contributed by atoms with Crippen molar-refractivity contribution in [3.63, 3.8) is 0 Å². The molecular weight excluding hydrogens is 257 g/mol. The number of rotatable bonds is 0. The van der Waals surface area contributed by atoms with E-state index in [1.165, 1.54) is 22.3 Å². The van der Waals surface area contributed by atoms with E-state index in [-0.39, 0.29) is 19.5 Å². The third kappa shape index (κ3) is 1.33. The van der Waals surface area contributed by atoms with Gasteiger partial charge in [-0.05, 0) is 28.7 Å². The van der Waals surface area contributed by atoms with Crippen LogP contribution in [0.5, 0.6) is 0 Å². The first kappa shape index (κ1) is 9.61. The maximum Gasteiger partial charge on any atom is 0 e. The van der Waals surface area contributed by atoms with Crippen LogP contribution < -0.4 is 0 Å². The summed E-state index contributed by atoms with van der Waals surface area (Å²) in [5.41, 5.74) is 5.75. The average molecular weight is 267 g/mol. The van der Waals surface area contributed by atoms with E-state index in [9.17, 15) is 0 Å². The Morgan fingerprint density at radius 2 is 1.07 bits per heavy atom. The summed E-state index contributed by atoms with van der Waals surface area (Å²) >= 11 is 0. The van der Waals surface area contributed by atoms with Gasteiger partial charge >= 0.3 is 0 Å². The molecule has 0 N–H and O–H groups in total. The minimum Gasteiger partial charge on any atom is -0.0619 e. The molecular formula is C13H10Ru. The monoisotopic (exact) mass is 268 g/mol. The summed E-state index contributed by atoms with van der Waals surface area (Å²) in [6.07, 6.45) is 1.10. The van der Waals surface area contributed by atoms with Crippen LogP contribution in [0.4, 0.5) is 0 Å². The van der Waals surface area contributed by atoms with E-state index in [1.807, 2.05) is 0 Å². The minimum atomic E-state index is 0. The maximum atomic E-state index is 2.22. The molecule has 0 aromatic heterocycles. The molecule has 0 fully saturated rings. The molecule has 0 atom stereocenters. The van der Waals surface area contributed by atoms with Crippen LogP contribution >= 0.6 is 0 Å². The normalized spacial score (nSPS) is 11.4. The van der Waals surface area contributed by atoms with Crippen molar-refractivity contribution in [1.82, 2.24) is 0 Å². The van der Waals surface area contributed by atoms with Crippen molar-refractivity contribution in [1.29, 1.82) is 0 Å². The van der Waals surface area contributed by atoms with Crippen molar-refractivity contribution >= 4 is 0 Å². The van der Waals surface area contributed by atoms with Gasteiger partial charge in [-0.3, -0.25) is 0 Å². The summed E-state index contributed by atoms with van der Waals surface area (Å²) in [7, 11) is 0. The Bertz CT molecular complexity index is 417. The van der Waals surface area contributed by atoms with Crippen molar-refractivity contribution in [2.75, 3.05) is 0 Å². The quantitative estimate of drug-likeness (QED) is 0.548. The largest absolute Gasteiger partial charge is 0.0619 e. The molecule has 0 spiro atoms. The Balaban J connectivity index is 0.000000750. The standard InChI is InChI=1S/C13H10.Ru/c1-3-7-12-10(5-1)9-11-6-2-4-8-13(11)12;/h1-8H,9H2;. The zero-order valence-electron chi connectivity index (χ0n) is 7.68. The molecule has 3 rings (SSSR count). The molecule has 14 heavy (non-hydrogen) atoms. The molecule has 70 valence electrons. The van der Waals surface area contributed by atoms with Gasteiger partial charge in [0.25, 0.3) is 0 Å². The van der Waals surface area contributed by atoms with Crippen LogP contribution in [0, 0.1) is 0 Å². The van der Waals surface area contributed by atoms with Crippen molar-refractivity contribution in [3.8, 4) is 11.1 Å². The first-order valence-corrected chi connectivity index (χ1v) is 4.61. The van der Waals surface area contributed by atoms with Crippen molar-refractivity contribution in [2.24, 2.45) is 0 Å². The second kappa shape index (κ2) is 3.67. The van der Waals surface area contributed by atoms with Gasteiger partial charge in [-0.25, -0.2) is 0 Å². The van der Waals surface area contributed by atoms with Crippen molar-refractivity contribution in [3.05, 3.63) is 59.7 Å². The van der Waals surface area contributed by atoms with Gasteiger partial charge < -0.3 is 0 Å². The van der Waals surface area contributed by atoms with Crippen molar-refractivity contribution in [2.45, 2.75) is 6.42 Å². The fourth-order valence-electron chi connectivity index (χ4n) is 2.08. The number of hydrogen-bond donors (Lipinski definition) is 0. The molecule has 0 nitrogen and oxygen atoms in total. The molecule has 0 aliphatic heterocycles. The number of benzene rings is 2. The van der Waals surface area contributed by atoms with Gasteiger partial charge in [-0.15, -0.1) is 0 Å². The van der Waals surface area contributed by atoms with Gasteiger partial charge in [0.1, 0.15) is 0 Å². The van der Waals surface area contributed by atoms with Crippen LogP contribution in [0.2, 0.25) is 0 Å². The molecule has 2 aromatic carbocycles. The second-order valence-corrected chi connectivity index (χ2v) is 3.49. The Kier molecular flexibility index (Phi) is 2.52. The smallest absolute Gasteiger partial charge is 0 e. The van der Waals surface area contributed by atoms with Crippen LogP contribution in [0.15, 0.2) is 48.5 Å². The Labute approximate surface area is 96.7 Å². The average Bonchev–Trinajstić information content (AvgIpc) is 2.56. The second-order valence-electron chi connectivity index (χ2n) is 3.49. The number of fused-ring (bicyclic) bond motifs is 3. The summed E-state index contributed by atoms with van der Waals surface area (Å²) < 4.78 is 0. The molecule has 0 unspecified atom stereocenters. The van der Waals surface area contributed by atoms with E-state index in [2.05, 4.69) is 48.5 Å². The van der Waals surface area contributed by atoms with Crippen LogP contribution in [-0.4, -0.2) is 0 Å². The van der Waals surface area contributed by atoms with Crippen LogP contribution in [-0.2, 0) is 25.9 Å². The number of hydrogen-bond acceptors (Lipinski definition) is 0. The predicted octanol–water partition coefficient (Wildman–Crippen LogP) is 3.26. The van der Waals surface area contributed by atoms with Crippen molar-refractivity contribution < 1.29 is 19.5 Å². The molecule has 1 aliphatic carbocycles. The molecule has 0 amide bonds. The summed E-state index contributed by atoms with van der Waals surface area (Å²) in [6.45, 7) is 0. The molecule has 0 saturated carbocycles. The fourth-order valence-corrected chi connectivity index (χ4v) is 2.08. The fraction of sp³-hybridized carbons (Fsp3) is 0.0769. The predicted molar refractivity (Wildman–Crippen MR) is 54.7 cm³/mol. The maximum absolute atomic E-state index is 2.22. The molecule has 1 heteroatoms. The van der Waals surface area contributed by atoms with Gasteiger partial charge in [-0.1, -0.05) is 48.5 Å².